The standard InChI is InChI=1S/C25H31N5O2/c31-24(30-15-7-19-4-1-2-5-21(19)17-30)20-8-13-28(14-9-20)25(32)22-6-3-12-29(18-22)23-16-26-10-11-27-23/h1-2,4-5,10-11,16,20,22H,3,6-9,12-15,17-18H2/t22-/m1/s1. The normalized spacial score (nSPS) is 21.9. The summed E-state index contributed by atoms with van der Waals surface area (Å²) in [4.78, 5) is 41.1. The molecule has 168 valence electrons. The molecule has 3 aliphatic heterocycles. The zero-order valence-corrected chi connectivity index (χ0v) is 18.5. The summed E-state index contributed by atoms with van der Waals surface area (Å²) in [7, 11) is 0. The SMILES string of the molecule is O=C(C1CCN(C(=O)[C@@H]2CCCN(c3cnccn3)C2)CC1)N1CCc2ccccc2C1. The predicted molar refractivity (Wildman–Crippen MR) is 122 cm³/mol. The Balaban J connectivity index is 1.14. The number of rotatable bonds is 3. The van der Waals surface area contributed by atoms with Crippen LogP contribution in [0, 0.1) is 11.8 Å². The van der Waals surface area contributed by atoms with Crippen molar-refractivity contribution in [2.45, 2.75) is 38.6 Å². The number of likely N-dealkylation sites (tertiary alicyclic amines) is 1. The smallest absolute Gasteiger partial charge is 0.227 e. The molecule has 0 bridgehead atoms. The number of hydrogen-bond acceptors (Lipinski definition) is 5. The maximum atomic E-state index is 13.2. The van der Waals surface area contributed by atoms with Crippen LogP contribution in [0.2, 0.25) is 0 Å². The molecule has 2 amide bonds. The molecule has 0 aliphatic carbocycles. The van der Waals surface area contributed by atoms with Crippen molar-refractivity contribution in [1.82, 2.24) is 19.8 Å². The van der Waals surface area contributed by atoms with Gasteiger partial charge in [-0.05, 0) is 43.2 Å². The summed E-state index contributed by atoms with van der Waals surface area (Å²) in [5.41, 5.74) is 2.63. The fourth-order valence-corrected chi connectivity index (χ4v) is 5.39. The number of carbonyl (C=O) groups excluding carboxylic acids is 2. The molecule has 0 N–H and O–H groups in total. The van der Waals surface area contributed by atoms with Gasteiger partial charge in [0.1, 0.15) is 5.82 Å². The fraction of sp³-hybridized carbons (Fsp3) is 0.520. The topological polar surface area (TPSA) is 69.6 Å². The molecule has 1 aromatic heterocycles. The van der Waals surface area contributed by atoms with Gasteiger partial charge in [0.25, 0.3) is 0 Å². The van der Waals surface area contributed by atoms with E-state index in [4.69, 9.17) is 0 Å². The molecule has 2 aromatic rings. The van der Waals surface area contributed by atoms with Gasteiger partial charge in [-0.25, -0.2) is 4.98 Å². The number of benzene rings is 1. The van der Waals surface area contributed by atoms with E-state index in [1.807, 2.05) is 15.9 Å². The van der Waals surface area contributed by atoms with E-state index in [0.29, 0.717) is 26.2 Å². The van der Waals surface area contributed by atoms with Crippen LogP contribution in [0.5, 0.6) is 0 Å². The van der Waals surface area contributed by atoms with Gasteiger partial charge in [-0.3, -0.25) is 14.6 Å². The molecular weight excluding hydrogens is 402 g/mol. The second-order valence-electron chi connectivity index (χ2n) is 9.23. The van der Waals surface area contributed by atoms with Gasteiger partial charge in [-0.2, -0.15) is 0 Å². The highest BCUT2D eigenvalue weighted by Crippen LogP contribution is 2.27. The third-order valence-corrected chi connectivity index (χ3v) is 7.24. The number of carbonyl (C=O) groups is 2. The van der Waals surface area contributed by atoms with Gasteiger partial charge in [0.15, 0.2) is 0 Å². The lowest BCUT2D eigenvalue weighted by molar-refractivity contribution is -0.143. The molecule has 7 nitrogen and oxygen atoms in total. The second-order valence-corrected chi connectivity index (χ2v) is 9.23. The largest absolute Gasteiger partial charge is 0.355 e. The molecule has 0 saturated carbocycles. The van der Waals surface area contributed by atoms with E-state index in [-0.39, 0.29) is 23.7 Å². The Labute approximate surface area is 189 Å². The van der Waals surface area contributed by atoms with Crippen molar-refractivity contribution >= 4 is 17.6 Å². The van der Waals surface area contributed by atoms with Crippen LogP contribution in [0.15, 0.2) is 42.9 Å². The van der Waals surface area contributed by atoms with E-state index in [0.717, 1.165) is 51.0 Å². The van der Waals surface area contributed by atoms with Gasteiger partial charge >= 0.3 is 0 Å². The van der Waals surface area contributed by atoms with E-state index < -0.39 is 0 Å². The zero-order valence-electron chi connectivity index (χ0n) is 18.5. The minimum Gasteiger partial charge on any atom is -0.355 e. The van der Waals surface area contributed by atoms with Crippen molar-refractivity contribution in [2.75, 3.05) is 37.6 Å². The van der Waals surface area contributed by atoms with E-state index in [9.17, 15) is 9.59 Å². The van der Waals surface area contributed by atoms with Crippen LogP contribution in [0.25, 0.3) is 0 Å². The van der Waals surface area contributed by atoms with E-state index in [1.165, 1.54) is 11.1 Å². The monoisotopic (exact) mass is 433 g/mol. The van der Waals surface area contributed by atoms with Crippen molar-refractivity contribution in [3.05, 3.63) is 54.0 Å². The third kappa shape index (κ3) is 4.33. The highest BCUT2D eigenvalue weighted by molar-refractivity contribution is 5.82. The molecule has 32 heavy (non-hydrogen) atoms. The van der Waals surface area contributed by atoms with Crippen molar-refractivity contribution in [3.8, 4) is 0 Å². The van der Waals surface area contributed by atoms with Crippen molar-refractivity contribution in [3.63, 3.8) is 0 Å². The minimum absolute atomic E-state index is 0.00314. The molecule has 0 spiro atoms. The van der Waals surface area contributed by atoms with Crippen LogP contribution < -0.4 is 4.90 Å². The van der Waals surface area contributed by atoms with Crippen LogP contribution in [-0.4, -0.2) is 64.3 Å². The Kier molecular flexibility index (Phi) is 6.06. The van der Waals surface area contributed by atoms with Gasteiger partial charge in [-0.15, -0.1) is 0 Å². The summed E-state index contributed by atoms with van der Waals surface area (Å²) in [5, 5.41) is 0. The summed E-state index contributed by atoms with van der Waals surface area (Å²) in [5.74, 6) is 1.37. The van der Waals surface area contributed by atoms with Crippen LogP contribution in [-0.2, 0) is 22.6 Å². The van der Waals surface area contributed by atoms with Gasteiger partial charge in [0.2, 0.25) is 11.8 Å². The molecule has 3 aliphatic rings. The number of hydrogen-bond donors (Lipinski definition) is 0. The van der Waals surface area contributed by atoms with Crippen LogP contribution in [0.4, 0.5) is 5.82 Å². The average Bonchev–Trinajstić information content (AvgIpc) is 2.88. The number of aromatic nitrogens is 2. The Hall–Kier alpha value is -2.96. The number of piperidine rings is 2. The maximum Gasteiger partial charge on any atom is 0.227 e. The summed E-state index contributed by atoms with van der Waals surface area (Å²) < 4.78 is 0. The van der Waals surface area contributed by atoms with Gasteiger partial charge in [0.05, 0.1) is 12.1 Å². The van der Waals surface area contributed by atoms with Crippen LogP contribution in [0.1, 0.15) is 36.8 Å². The number of anilines is 1. The van der Waals surface area contributed by atoms with E-state index in [1.54, 1.807) is 18.6 Å². The number of nitrogens with zero attached hydrogens (tertiary/aromatic N) is 5. The Morgan fingerprint density at radius 2 is 1.62 bits per heavy atom. The molecule has 5 rings (SSSR count). The predicted octanol–water partition coefficient (Wildman–Crippen LogP) is 2.52. The molecule has 7 heteroatoms. The van der Waals surface area contributed by atoms with E-state index in [2.05, 4.69) is 33.1 Å². The van der Waals surface area contributed by atoms with Crippen molar-refractivity contribution in [2.24, 2.45) is 11.8 Å². The lowest BCUT2D eigenvalue weighted by atomic mass is 9.91. The highest BCUT2D eigenvalue weighted by Gasteiger charge is 2.35. The van der Waals surface area contributed by atoms with Gasteiger partial charge in [-0.1, -0.05) is 24.3 Å². The summed E-state index contributed by atoms with van der Waals surface area (Å²) >= 11 is 0. The second kappa shape index (κ2) is 9.27. The third-order valence-electron chi connectivity index (χ3n) is 7.24. The maximum absolute atomic E-state index is 13.2. The lowest BCUT2D eigenvalue weighted by Gasteiger charge is -2.39. The first-order valence-electron chi connectivity index (χ1n) is 11.8. The summed E-state index contributed by atoms with van der Waals surface area (Å²) in [6, 6.07) is 8.41. The van der Waals surface area contributed by atoms with Crippen molar-refractivity contribution in [1.29, 1.82) is 0 Å². The van der Waals surface area contributed by atoms with Crippen molar-refractivity contribution < 1.29 is 9.59 Å². The molecule has 0 unspecified atom stereocenters. The first-order valence-corrected chi connectivity index (χ1v) is 11.8. The number of amides is 2. The van der Waals surface area contributed by atoms with Gasteiger partial charge < -0.3 is 14.7 Å². The molecule has 4 heterocycles. The zero-order chi connectivity index (χ0) is 21.9. The summed E-state index contributed by atoms with van der Waals surface area (Å²) in [6.07, 6.45) is 9.51. The molecule has 0 radical (unpaired) electrons. The fourth-order valence-electron chi connectivity index (χ4n) is 5.39. The number of fused-ring (bicyclic) bond motifs is 1. The first kappa shape index (κ1) is 20.9. The molecule has 2 fully saturated rings. The van der Waals surface area contributed by atoms with Crippen LogP contribution >= 0.6 is 0 Å². The summed E-state index contributed by atoms with van der Waals surface area (Å²) in [6.45, 7) is 4.49. The molecular formula is C25H31N5O2. The highest BCUT2D eigenvalue weighted by atomic mass is 16.2. The average molecular weight is 434 g/mol. The van der Waals surface area contributed by atoms with E-state index >= 15 is 0 Å². The Bertz CT molecular complexity index is 958. The Morgan fingerprint density at radius 1 is 0.844 bits per heavy atom. The quantitative estimate of drug-likeness (QED) is 0.744. The first-order chi connectivity index (χ1) is 15.7. The molecule has 2 saturated heterocycles. The minimum atomic E-state index is -0.00314. The van der Waals surface area contributed by atoms with Gasteiger partial charge in [0, 0.05) is 57.6 Å². The van der Waals surface area contributed by atoms with Crippen LogP contribution in [0.3, 0.4) is 0 Å². The lowest BCUT2D eigenvalue weighted by Crippen LogP contribution is -2.49. The Morgan fingerprint density at radius 3 is 2.41 bits per heavy atom. The molecule has 1 atom stereocenters. The molecule has 1 aromatic carbocycles.